The third kappa shape index (κ3) is 9.03. The van der Waals surface area contributed by atoms with Crippen LogP contribution < -0.4 is 5.73 Å². The fourth-order valence-corrected chi connectivity index (χ4v) is 0.0931. The highest BCUT2D eigenvalue weighted by molar-refractivity contribution is 6.42. The van der Waals surface area contributed by atoms with Gasteiger partial charge in [0.15, 0.2) is 5.03 Å². The van der Waals surface area contributed by atoms with Crippen molar-refractivity contribution in [3.05, 3.63) is 24.0 Å². The number of primary amides is 1. The number of rotatable bonds is 1. The Kier molecular flexibility index (Phi) is 8.23. The highest BCUT2D eigenvalue weighted by Gasteiger charge is 2.07. The molecule has 0 bridgehead atoms. The van der Waals surface area contributed by atoms with E-state index in [-0.39, 0.29) is 6.33 Å². The summed E-state index contributed by atoms with van der Waals surface area (Å²) in [6.45, 7) is 2.69. The van der Waals surface area contributed by atoms with Crippen LogP contribution in [0.4, 0.5) is 13.2 Å². The van der Waals surface area contributed by atoms with Gasteiger partial charge in [0.05, 0.1) is 6.33 Å². The summed E-state index contributed by atoms with van der Waals surface area (Å²) in [4.78, 5) is 9.69. The van der Waals surface area contributed by atoms with E-state index >= 15 is 0 Å². The molecule has 0 aromatic rings. The van der Waals surface area contributed by atoms with Crippen molar-refractivity contribution in [2.24, 2.45) is 5.73 Å². The van der Waals surface area contributed by atoms with E-state index in [1.807, 2.05) is 0 Å². The van der Waals surface area contributed by atoms with E-state index in [2.05, 4.69) is 23.9 Å². The van der Waals surface area contributed by atoms with Gasteiger partial charge in [0.25, 0.3) is 12.0 Å². The summed E-state index contributed by atoms with van der Waals surface area (Å²) in [6, 6.07) is 0. The molecular formula is C5H5ClF3NO. The van der Waals surface area contributed by atoms with Crippen LogP contribution in [0.15, 0.2) is 24.0 Å². The van der Waals surface area contributed by atoms with Gasteiger partial charge in [0.1, 0.15) is 0 Å². The van der Waals surface area contributed by atoms with E-state index in [0.717, 1.165) is 0 Å². The van der Waals surface area contributed by atoms with Crippen molar-refractivity contribution in [3.63, 3.8) is 0 Å². The SMILES string of the molecule is C=CF.NC(=O)C(Cl)=C(F)F. The van der Waals surface area contributed by atoms with Crippen LogP contribution in [-0.4, -0.2) is 5.91 Å². The van der Waals surface area contributed by atoms with Crippen LogP contribution in [0.1, 0.15) is 0 Å². The molecule has 0 spiro atoms. The largest absolute Gasteiger partial charge is 0.365 e. The number of carbonyl (C=O) groups excluding carboxylic acids is 1. The fraction of sp³-hybridized carbons (Fsp3) is 0. The minimum Gasteiger partial charge on any atom is -0.365 e. The average Bonchev–Trinajstić information content (AvgIpc) is 1.87. The number of halogens is 4. The lowest BCUT2D eigenvalue weighted by Crippen LogP contribution is -2.10. The summed E-state index contributed by atoms with van der Waals surface area (Å²) in [5.41, 5.74) is 4.33. The molecule has 0 aromatic heterocycles. The summed E-state index contributed by atoms with van der Waals surface area (Å²) < 4.78 is 32.3. The van der Waals surface area contributed by atoms with Crippen LogP contribution in [0.2, 0.25) is 0 Å². The Hall–Kier alpha value is -0.970. The van der Waals surface area contributed by atoms with E-state index in [4.69, 9.17) is 0 Å². The van der Waals surface area contributed by atoms with Crippen molar-refractivity contribution in [3.8, 4) is 0 Å². The van der Waals surface area contributed by atoms with Crippen LogP contribution in [0.25, 0.3) is 0 Å². The molecule has 0 heterocycles. The van der Waals surface area contributed by atoms with Gasteiger partial charge in [-0.25, -0.2) is 4.39 Å². The smallest absolute Gasteiger partial charge is 0.294 e. The second-order valence-electron chi connectivity index (χ2n) is 1.09. The zero-order chi connectivity index (χ0) is 9.44. The van der Waals surface area contributed by atoms with Crippen molar-refractivity contribution in [1.29, 1.82) is 0 Å². The van der Waals surface area contributed by atoms with E-state index in [1.165, 1.54) is 0 Å². The molecule has 0 aliphatic rings. The lowest BCUT2D eigenvalue weighted by molar-refractivity contribution is -0.114. The van der Waals surface area contributed by atoms with Crippen molar-refractivity contribution in [2.75, 3.05) is 0 Å². The van der Waals surface area contributed by atoms with Crippen LogP contribution in [0, 0.1) is 0 Å². The summed E-state index contributed by atoms with van der Waals surface area (Å²) in [5.74, 6) is -1.31. The third-order valence-electron chi connectivity index (χ3n) is 0.382. The summed E-state index contributed by atoms with van der Waals surface area (Å²) in [6.07, 6.45) is -2.00. The van der Waals surface area contributed by atoms with Crippen LogP contribution in [0.5, 0.6) is 0 Å². The quantitative estimate of drug-likeness (QED) is 0.626. The average molecular weight is 188 g/mol. The zero-order valence-corrected chi connectivity index (χ0v) is 6.04. The van der Waals surface area contributed by atoms with Gasteiger partial charge >= 0.3 is 0 Å². The second kappa shape index (κ2) is 7.14. The van der Waals surface area contributed by atoms with Gasteiger partial charge in [-0.1, -0.05) is 18.2 Å². The molecule has 0 atom stereocenters. The Balaban J connectivity index is 0. The van der Waals surface area contributed by atoms with Gasteiger partial charge in [-0.3, -0.25) is 4.79 Å². The molecule has 11 heavy (non-hydrogen) atoms. The Bertz CT molecular complexity index is 177. The summed E-state index contributed by atoms with van der Waals surface area (Å²) in [7, 11) is 0. The molecule has 0 radical (unpaired) electrons. The lowest BCUT2D eigenvalue weighted by Gasteiger charge is -1.84. The third-order valence-corrected chi connectivity index (χ3v) is 0.711. The maximum absolute atomic E-state index is 11.1. The minimum absolute atomic E-state index is 0.250. The van der Waals surface area contributed by atoms with E-state index < -0.39 is 17.0 Å². The van der Waals surface area contributed by atoms with Crippen molar-refractivity contribution < 1.29 is 18.0 Å². The Morgan fingerprint density at radius 2 is 1.82 bits per heavy atom. The highest BCUT2D eigenvalue weighted by Crippen LogP contribution is 2.10. The van der Waals surface area contributed by atoms with Crippen LogP contribution >= 0.6 is 11.6 Å². The van der Waals surface area contributed by atoms with Gasteiger partial charge in [-0.05, 0) is 0 Å². The summed E-state index contributed by atoms with van der Waals surface area (Å²) in [5, 5.41) is -1.20. The van der Waals surface area contributed by atoms with Gasteiger partial charge in [0, 0.05) is 0 Å². The number of amides is 1. The Morgan fingerprint density at radius 3 is 1.82 bits per heavy atom. The minimum atomic E-state index is -2.25. The molecule has 0 aliphatic heterocycles. The molecule has 0 saturated heterocycles. The predicted molar refractivity (Wildman–Crippen MR) is 35.6 cm³/mol. The van der Waals surface area contributed by atoms with Gasteiger partial charge in [0.2, 0.25) is 0 Å². The first-order chi connectivity index (χ1) is 4.97. The molecule has 0 unspecified atom stereocenters. The van der Waals surface area contributed by atoms with Gasteiger partial charge < -0.3 is 5.73 Å². The molecule has 0 aromatic carbocycles. The predicted octanol–water partition coefficient (Wildman–Crippen LogP) is 1.92. The zero-order valence-electron chi connectivity index (χ0n) is 5.28. The topological polar surface area (TPSA) is 43.1 Å². The molecular weight excluding hydrogens is 183 g/mol. The maximum atomic E-state index is 11.1. The molecule has 0 aliphatic carbocycles. The normalized spacial score (nSPS) is 7.27. The molecule has 0 fully saturated rings. The van der Waals surface area contributed by atoms with Gasteiger partial charge in [-0.15, -0.1) is 0 Å². The van der Waals surface area contributed by atoms with Crippen LogP contribution in [0.3, 0.4) is 0 Å². The molecule has 64 valence electrons. The van der Waals surface area contributed by atoms with Crippen LogP contribution in [-0.2, 0) is 4.79 Å². The Morgan fingerprint density at radius 1 is 1.55 bits per heavy atom. The molecule has 2 N–H and O–H groups in total. The monoisotopic (exact) mass is 187 g/mol. The van der Waals surface area contributed by atoms with E-state index in [0.29, 0.717) is 0 Å². The molecule has 6 heteroatoms. The van der Waals surface area contributed by atoms with Crippen molar-refractivity contribution >= 4 is 17.5 Å². The van der Waals surface area contributed by atoms with E-state index in [1.54, 1.807) is 0 Å². The first-order valence-electron chi connectivity index (χ1n) is 2.19. The second-order valence-corrected chi connectivity index (χ2v) is 1.47. The van der Waals surface area contributed by atoms with Crippen molar-refractivity contribution in [2.45, 2.75) is 0 Å². The maximum Gasteiger partial charge on any atom is 0.294 e. The Labute approximate surface area is 66.1 Å². The van der Waals surface area contributed by atoms with Crippen molar-refractivity contribution in [1.82, 2.24) is 0 Å². The highest BCUT2D eigenvalue weighted by atomic mass is 35.5. The fourth-order valence-electron chi connectivity index (χ4n) is 0.0931. The van der Waals surface area contributed by atoms with E-state index in [9.17, 15) is 18.0 Å². The molecule has 0 saturated carbocycles. The number of hydrogen-bond donors (Lipinski definition) is 1. The number of carbonyl (C=O) groups is 1. The first kappa shape index (κ1) is 12.7. The number of nitrogens with two attached hydrogens (primary N) is 1. The molecule has 2 nitrogen and oxygen atoms in total. The molecule has 0 rings (SSSR count). The lowest BCUT2D eigenvalue weighted by atomic mass is 10.6. The first-order valence-corrected chi connectivity index (χ1v) is 2.56. The van der Waals surface area contributed by atoms with Gasteiger partial charge in [-0.2, -0.15) is 8.78 Å². The summed E-state index contributed by atoms with van der Waals surface area (Å²) >= 11 is 4.61. The standard InChI is InChI=1S/C3H2ClF2NO.C2H3F/c4-1(2(5)6)3(7)8;1-2-3/h(H2,7,8);2H,1H2. The number of hydrogen-bond acceptors (Lipinski definition) is 1. The molecule has 1 amide bonds.